The van der Waals surface area contributed by atoms with Gasteiger partial charge in [-0.25, -0.2) is 13.6 Å². The van der Waals surface area contributed by atoms with Crippen molar-refractivity contribution in [2.24, 2.45) is 13.0 Å². The van der Waals surface area contributed by atoms with E-state index in [4.69, 9.17) is 9.84 Å². The van der Waals surface area contributed by atoms with Gasteiger partial charge in [0, 0.05) is 70.0 Å². The van der Waals surface area contributed by atoms with E-state index in [9.17, 15) is 37.5 Å². The minimum Gasteiger partial charge on any atom is -0.503 e. The first-order chi connectivity index (χ1) is 29.4. The SMILES string of the molecule is Cn1c(=O)n([C@@H]2CCC(=O)NC2=O)c2ccc(CCN3CCOC4(CCN(c5ccc6cn(C7CCC(CNC(=O)c8cc(F)c(O)c(F)c8F)CC7)nc6c5)CC4)C3)cc21. The number of aromatic nitrogens is 4. The highest BCUT2D eigenvalue weighted by Gasteiger charge is 2.40. The molecule has 14 nitrogen and oxygen atoms in total. The normalized spacial score (nSPS) is 22.3. The van der Waals surface area contributed by atoms with Crippen molar-refractivity contribution in [3.05, 3.63) is 87.7 Å². The molecule has 3 saturated heterocycles. The lowest BCUT2D eigenvalue weighted by atomic mass is 9.86. The Morgan fingerprint density at radius 1 is 0.967 bits per heavy atom. The lowest BCUT2D eigenvalue weighted by molar-refractivity contribution is -0.135. The summed E-state index contributed by atoms with van der Waals surface area (Å²) in [7, 11) is 1.72. The van der Waals surface area contributed by atoms with E-state index in [-0.39, 0.29) is 42.1 Å². The molecule has 322 valence electrons. The number of imidazole rings is 1. The Labute approximate surface area is 349 Å². The zero-order valence-electron chi connectivity index (χ0n) is 34.0. The Hall–Kier alpha value is -5.68. The zero-order valence-corrected chi connectivity index (χ0v) is 34.0. The summed E-state index contributed by atoms with van der Waals surface area (Å²) in [6.45, 7) is 5.19. The number of amides is 3. The summed E-state index contributed by atoms with van der Waals surface area (Å²) < 4.78 is 53.3. The summed E-state index contributed by atoms with van der Waals surface area (Å²) in [6.07, 6.45) is 8.45. The summed E-state index contributed by atoms with van der Waals surface area (Å²) >= 11 is 0. The highest BCUT2D eigenvalue weighted by molar-refractivity contribution is 6.00. The molecule has 0 bridgehead atoms. The fraction of sp³-hybridized carbons (Fsp3) is 0.477. The van der Waals surface area contributed by atoms with Gasteiger partial charge in [0.1, 0.15) is 6.04 Å². The molecule has 0 radical (unpaired) electrons. The van der Waals surface area contributed by atoms with E-state index in [2.05, 4.69) is 44.8 Å². The standard InChI is InChI=1S/C44H49F3N8O6/c1-51-36-20-26(4-9-34(36)55(43(51)60)35-10-11-37(56)49-42(35)59)12-15-52-18-19-61-44(25-52)13-16-53(17-14-44)30-8-5-28-24-54(50-33(28)21-30)29-6-2-27(3-7-29)23-48-41(58)31-22-32(45)40(57)39(47)38(31)46/h4-5,8-9,20-22,24,27,29,35,57H,2-3,6-7,10-19,23,25H2,1H3,(H,48,58)(H,49,56,59)/t27?,29?,35-/m1/s1. The first kappa shape index (κ1) is 40.7. The number of nitrogens with one attached hydrogen (secondary N) is 2. The Bertz CT molecular complexity index is 2590. The highest BCUT2D eigenvalue weighted by Crippen LogP contribution is 2.36. The van der Waals surface area contributed by atoms with Crippen LogP contribution in [0, 0.1) is 23.4 Å². The maximum absolute atomic E-state index is 14.2. The van der Waals surface area contributed by atoms with Crippen LogP contribution in [0.1, 0.15) is 79.4 Å². The van der Waals surface area contributed by atoms with Gasteiger partial charge in [0.15, 0.2) is 17.4 Å². The van der Waals surface area contributed by atoms with E-state index < -0.39 is 46.6 Å². The molecule has 5 aromatic rings. The van der Waals surface area contributed by atoms with Gasteiger partial charge in [-0.3, -0.25) is 38.4 Å². The topological polar surface area (TPSA) is 156 Å². The van der Waals surface area contributed by atoms with Gasteiger partial charge < -0.3 is 20.1 Å². The van der Waals surface area contributed by atoms with Crippen LogP contribution in [0.2, 0.25) is 0 Å². The smallest absolute Gasteiger partial charge is 0.329 e. The van der Waals surface area contributed by atoms with Crippen molar-refractivity contribution in [2.75, 3.05) is 50.8 Å². The van der Waals surface area contributed by atoms with Gasteiger partial charge in [-0.1, -0.05) is 6.07 Å². The lowest BCUT2D eigenvalue weighted by Crippen LogP contribution is -2.57. The number of hydrogen-bond acceptors (Lipinski definition) is 9. The van der Waals surface area contributed by atoms with Crippen molar-refractivity contribution >= 4 is 45.3 Å². The molecule has 3 N–H and O–H groups in total. The molecule has 61 heavy (non-hydrogen) atoms. The van der Waals surface area contributed by atoms with E-state index in [1.807, 2.05) is 22.9 Å². The van der Waals surface area contributed by atoms with Crippen molar-refractivity contribution in [2.45, 2.75) is 75.5 Å². The number of aryl methyl sites for hydroxylation is 1. The number of ether oxygens (including phenoxy) is 1. The molecule has 3 aromatic carbocycles. The van der Waals surface area contributed by atoms with E-state index >= 15 is 0 Å². The Kier molecular flexibility index (Phi) is 10.9. The molecule has 1 aliphatic carbocycles. The third-order valence-corrected chi connectivity index (χ3v) is 13.4. The molecule has 9 rings (SSSR count). The van der Waals surface area contributed by atoms with E-state index in [1.165, 1.54) is 4.57 Å². The number of morpholine rings is 1. The summed E-state index contributed by atoms with van der Waals surface area (Å²) in [4.78, 5) is 54.9. The number of rotatable bonds is 9. The number of phenolic OH excluding ortho intramolecular Hbond substituents is 1. The largest absolute Gasteiger partial charge is 0.503 e. The predicted molar refractivity (Wildman–Crippen MR) is 220 cm³/mol. The molecule has 5 heterocycles. The second-order valence-corrected chi connectivity index (χ2v) is 17.2. The van der Waals surface area contributed by atoms with Crippen molar-refractivity contribution in [3.63, 3.8) is 0 Å². The molecule has 3 aliphatic heterocycles. The highest BCUT2D eigenvalue weighted by atomic mass is 19.2. The van der Waals surface area contributed by atoms with Crippen LogP contribution in [0.4, 0.5) is 18.9 Å². The first-order valence-corrected chi connectivity index (χ1v) is 21.1. The van der Waals surface area contributed by atoms with Crippen LogP contribution in [0.3, 0.4) is 0 Å². The van der Waals surface area contributed by atoms with Gasteiger partial charge in [-0.15, -0.1) is 0 Å². The number of nitrogens with zero attached hydrogens (tertiary/aromatic N) is 6. The monoisotopic (exact) mass is 842 g/mol. The Balaban J connectivity index is 0.765. The molecule has 1 saturated carbocycles. The van der Waals surface area contributed by atoms with Crippen LogP contribution < -0.4 is 21.2 Å². The average Bonchev–Trinajstić information content (AvgIpc) is 3.80. The van der Waals surface area contributed by atoms with Crippen LogP contribution in [0.15, 0.2) is 53.5 Å². The fourth-order valence-corrected chi connectivity index (χ4v) is 9.77. The number of imide groups is 1. The summed E-state index contributed by atoms with van der Waals surface area (Å²) in [5.41, 5.74) is 3.34. The molecule has 0 unspecified atom stereocenters. The van der Waals surface area contributed by atoms with Gasteiger partial charge in [0.05, 0.1) is 40.4 Å². The summed E-state index contributed by atoms with van der Waals surface area (Å²) in [5, 5.41) is 20.2. The summed E-state index contributed by atoms with van der Waals surface area (Å²) in [5.74, 6) is -7.76. The fourth-order valence-electron chi connectivity index (χ4n) is 9.77. The number of aromatic hydroxyl groups is 1. The molecular weight excluding hydrogens is 794 g/mol. The van der Waals surface area contributed by atoms with Crippen LogP contribution in [-0.2, 0) is 27.8 Å². The Morgan fingerprint density at radius 2 is 1.75 bits per heavy atom. The maximum atomic E-state index is 14.2. The number of anilines is 1. The maximum Gasteiger partial charge on any atom is 0.329 e. The molecule has 4 aliphatic rings. The molecule has 17 heteroatoms. The number of carbonyl (C=O) groups excluding carboxylic acids is 3. The van der Waals surface area contributed by atoms with Gasteiger partial charge in [0.25, 0.3) is 5.91 Å². The van der Waals surface area contributed by atoms with Crippen molar-refractivity contribution in [1.29, 1.82) is 0 Å². The Morgan fingerprint density at radius 3 is 2.52 bits per heavy atom. The second kappa shape index (κ2) is 16.3. The third kappa shape index (κ3) is 7.89. The number of benzene rings is 3. The summed E-state index contributed by atoms with van der Waals surface area (Å²) in [6, 6.07) is 12.4. The van der Waals surface area contributed by atoms with Gasteiger partial charge in [0.2, 0.25) is 17.6 Å². The number of hydrogen-bond donors (Lipinski definition) is 3. The number of halogens is 3. The van der Waals surface area contributed by atoms with Crippen LogP contribution in [0.25, 0.3) is 21.9 Å². The average molecular weight is 843 g/mol. The number of phenols is 1. The molecule has 1 atom stereocenters. The van der Waals surface area contributed by atoms with Crippen LogP contribution in [0.5, 0.6) is 5.75 Å². The van der Waals surface area contributed by atoms with E-state index in [1.54, 1.807) is 11.6 Å². The lowest BCUT2D eigenvalue weighted by Gasteiger charge is -2.48. The predicted octanol–water partition coefficient (Wildman–Crippen LogP) is 4.87. The van der Waals surface area contributed by atoms with Crippen molar-refractivity contribution in [3.8, 4) is 5.75 Å². The first-order valence-electron chi connectivity index (χ1n) is 21.1. The molecular formula is C44H49F3N8O6. The molecule has 1 spiro atoms. The number of carbonyl (C=O) groups is 3. The third-order valence-electron chi connectivity index (χ3n) is 13.4. The molecule has 2 aromatic heterocycles. The van der Waals surface area contributed by atoms with Gasteiger partial charge in [-0.05, 0) is 99.2 Å². The van der Waals surface area contributed by atoms with Crippen molar-refractivity contribution in [1.82, 2.24) is 34.4 Å². The van der Waals surface area contributed by atoms with Gasteiger partial charge in [-0.2, -0.15) is 9.49 Å². The zero-order chi connectivity index (χ0) is 42.6. The van der Waals surface area contributed by atoms with Crippen LogP contribution >= 0.6 is 0 Å². The second-order valence-electron chi connectivity index (χ2n) is 17.2. The quantitative estimate of drug-likeness (QED) is 0.139. The van der Waals surface area contributed by atoms with E-state index in [0.29, 0.717) is 24.6 Å². The van der Waals surface area contributed by atoms with E-state index in [0.717, 1.165) is 105 Å². The number of fused-ring (bicyclic) bond motifs is 2. The minimum atomic E-state index is -1.78. The minimum absolute atomic E-state index is 0.121. The van der Waals surface area contributed by atoms with Gasteiger partial charge >= 0.3 is 5.69 Å². The number of piperidine rings is 2. The van der Waals surface area contributed by atoms with Crippen molar-refractivity contribution < 1.29 is 37.4 Å². The van der Waals surface area contributed by atoms with Crippen LogP contribution in [-0.4, -0.2) is 98.1 Å². The molecule has 4 fully saturated rings. The molecule has 3 amide bonds.